The summed E-state index contributed by atoms with van der Waals surface area (Å²) in [6, 6.07) is 10.6. The van der Waals surface area contributed by atoms with E-state index in [-0.39, 0.29) is 21.9 Å². The van der Waals surface area contributed by atoms with E-state index in [1.54, 1.807) is 31.4 Å². The highest BCUT2D eigenvalue weighted by Crippen LogP contribution is 2.32. The third kappa shape index (κ3) is 3.83. The number of phenolic OH excluding ortho intramolecular Hbond substituents is 1. The van der Waals surface area contributed by atoms with Crippen molar-refractivity contribution < 1.29 is 19.6 Å². The highest BCUT2D eigenvalue weighted by molar-refractivity contribution is 8.18. The van der Waals surface area contributed by atoms with Gasteiger partial charge in [-0.15, -0.1) is 0 Å². The monoisotopic (exact) mass is 371 g/mol. The second kappa shape index (κ2) is 7.28. The fourth-order valence-corrected chi connectivity index (χ4v) is 3.00. The average molecular weight is 371 g/mol. The number of benzene rings is 2. The maximum atomic E-state index is 12.1. The van der Waals surface area contributed by atoms with Crippen LogP contribution in [0.2, 0.25) is 0 Å². The second-order valence-corrected chi connectivity index (χ2v) is 6.21. The van der Waals surface area contributed by atoms with Crippen LogP contribution in [0, 0.1) is 10.1 Å². The average Bonchev–Trinajstić information content (AvgIpc) is 2.96. The summed E-state index contributed by atoms with van der Waals surface area (Å²) in [6.45, 7) is 0. The van der Waals surface area contributed by atoms with Gasteiger partial charge in [0, 0.05) is 17.7 Å². The van der Waals surface area contributed by atoms with Crippen LogP contribution in [0.4, 0.5) is 11.4 Å². The number of aromatic hydroxyl groups is 1. The number of ether oxygens (including phenoxy) is 1. The Balaban J connectivity index is 1.85. The molecule has 1 heterocycles. The number of nitrogens with zero attached hydrogens (tertiary/aromatic N) is 2. The SMILES string of the molecule is COc1ccc(N=C2NC(=O)/C(=C\c3cc([N+](=O)[O-])ccc3O)S2)cc1. The summed E-state index contributed by atoms with van der Waals surface area (Å²) in [4.78, 5) is 27.0. The lowest BCUT2D eigenvalue weighted by atomic mass is 10.1. The molecule has 1 fully saturated rings. The van der Waals surface area contributed by atoms with Gasteiger partial charge in [0.2, 0.25) is 0 Å². The molecule has 0 radical (unpaired) electrons. The number of rotatable bonds is 4. The molecule has 26 heavy (non-hydrogen) atoms. The van der Waals surface area contributed by atoms with Crippen molar-refractivity contribution >= 4 is 40.3 Å². The smallest absolute Gasteiger partial charge is 0.270 e. The largest absolute Gasteiger partial charge is 0.507 e. The van der Waals surface area contributed by atoms with Crippen LogP contribution in [0.25, 0.3) is 6.08 Å². The number of nitro groups is 1. The maximum Gasteiger partial charge on any atom is 0.270 e. The number of amidine groups is 1. The minimum Gasteiger partial charge on any atom is -0.507 e. The third-order valence-corrected chi connectivity index (χ3v) is 4.37. The van der Waals surface area contributed by atoms with E-state index in [2.05, 4.69) is 10.3 Å². The zero-order valence-electron chi connectivity index (χ0n) is 13.5. The highest BCUT2D eigenvalue weighted by Gasteiger charge is 2.24. The summed E-state index contributed by atoms with van der Waals surface area (Å²) in [5, 5.41) is 23.7. The van der Waals surface area contributed by atoms with Crippen molar-refractivity contribution in [2.24, 2.45) is 4.99 Å². The number of aliphatic imine (C=N–C) groups is 1. The van der Waals surface area contributed by atoms with Crippen LogP contribution in [-0.4, -0.2) is 28.2 Å². The van der Waals surface area contributed by atoms with Crippen molar-refractivity contribution in [3.63, 3.8) is 0 Å². The van der Waals surface area contributed by atoms with Crippen LogP contribution >= 0.6 is 11.8 Å². The van der Waals surface area contributed by atoms with Crippen molar-refractivity contribution in [2.45, 2.75) is 0 Å². The molecule has 0 saturated carbocycles. The zero-order valence-corrected chi connectivity index (χ0v) is 14.3. The molecule has 2 aromatic rings. The Labute approximate surface area is 152 Å². The van der Waals surface area contributed by atoms with Gasteiger partial charge >= 0.3 is 0 Å². The van der Waals surface area contributed by atoms with Gasteiger partial charge in [0.05, 0.1) is 22.6 Å². The van der Waals surface area contributed by atoms with E-state index in [4.69, 9.17) is 4.74 Å². The van der Waals surface area contributed by atoms with Gasteiger partial charge < -0.3 is 15.2 Å². The topological polar surface area (TPSA) is 114 Å². The first-order chi connectivity index (χ1) is 12.5. The molecule has 0 unspecified atom stereocenters. The first-order valence-electron chi connectivity index (χ1n) is 7.37. The Morgan fingerprint density at radius 3 is 2.65 bits per heavy atom. The van der Waals surface area contributed by atoms with Gasteiger partial charge in [0.15, 0.2) is 5.17 Å². The summed E-state index contributed by atoms with van der Waals surface area (Å²) in [7, 11) is 1.56. The molecule has 1 aliphatic heterocycles. The Bertz CT molecular complexity index is 938. The number of carbonyl (C=O) groups excluding carboxylic acids is 1. The molecule has 0 bridgehead atoms. The van der Waals surface area contributed by atoms with Gasteiger partial charge in [-0.05, 0) is 48.2 Å². The lowest BCUT2D eigenvalue weighted by Crippen LogP contribution is -2.19. The number of non-ortho nitro benzene ring substituents is 1. The molecule has 0 aliphatic carbocycles. The fraction of sp³-hybridized carbons (Fsp3) is 0.0588. The quantitative estimate of drug-likeness (QED) is 0.485. The van der Waals surface area contributed by atoms with E-state index in [1.165, 1.54) is 24.3 Å². The number of phenols is 1. The van der Waals surface area contributed by atoms with Crippen LogP contribution in [0.1, 0.15) is 5.56 Å². The Morgan fingerprint density at radius 2 is 2.00 bits per heavy atom. The van der Waals surface area contributed by atoms with Crippen molar-refractivity contribution in [3.8, 4) is 11.5 Å². The summed E-state index contributed by atoms with van der Waals surface area (Å²) in [5.41, 5.74) is 0.640. The van der Waals surface area contributed by atoms with Crippen LogP contribution in [0.15, 0.2) is 52.4 Å². The summed E-state index contributed by atoms with van der Waals surface area (Å²) in [5.74, 6) is 0.143. The van der Waals surface area contributed by atoms with Crippen LogP contribution < -0.4 is 10.1 Å². The lowest BCUT2D eigenvalue weighted by molar-refractivity contribution is -0.384. The van der Waals surface area contributed by atoms with Gasteiger partial charge in [-0.25, -0.2) is 4.99 Å². The molecule has 2 N–H and O–H groups in total. The Morgan fingerprint density at radius 1 is 1.27 bits per heavy atom. The molecule has 0 aromatic heterocycles. The summed E-state index contributed by atoms with van der Waals surface area (Å²) >= 11 is 1.08. The van der Waals surface area contributed by atoms with E-state index < -0.39 is 10.8 Å². The molecule has 0 spiro atoms. The van der Waals surface area contributed by atoms with Gasteiger partial charge in [-0.1, -0.05) is 0 Å². The molecule has 9 heteroatoms. The number of methoxy groups -OCH3 is 1. The van der Waals surface area contributed by atoms with E-state index in [0.717, 1.165) is 11.8 Å². The number of nitrogens with one attached hydrogen (secondary N) is 1. The van der Waals surface area contributed by atoms with Crippen LogP contribution in [-0.2, 0) is 4.79 Å². The van der Waals surface area contributed by atoms with Crippen molar-refractivity contribution in [3.05, 3.63) is 63.0 Å². The second-order valence-electron chi connectivity index (χ2n) is 5.18. The Kier molecular flexibility index (Phi) is 4.90. The number of hydrogen-bond acceptors (Lipinski definition) is 7. The number of nitro benzene ring substituents is 1. The van der Waals surface area contributed by atoms with Crippen molar-refractivity contribution in [2.75, 3.05) is 7.11 Å². The molecular weight excluding hydrogens is 358 g/mol. The van der Waals surface area contributed by atoms with Crippen LogP contribution in [0.5, 0.6) is 11.5 Å². The van der Waals surface area contributed by atoms with Crippen molar-refractivity contribution in [1.29, 1.82) is 0 Å². The normalized spacial score (nSPS) is 16.7. The summed E-state index contributed by atoms with van der Waals surface area (Å²) in [6.07, 6.45) is 1.39. The third-order valence-electron chi connectivity index (χ3n) is 3.46. The van der Waals surface area contributed by atoms with E-state index in [1.807, 2.05) is 0 Å². The first-order valence-corrected chi connectivity index (χ1v) is 8.19. The fourth-order valence-electron chi connectivity index (χ4n) is 2.17. The van der Waals surface area contributed by atoms with Gasteiger partial charge in [0.25, 0.3) is 11.6 Å². The standard InChI is InChI=1S/C17H13N3O5S/c1-25-13-5-2-11(3-6-13)18-17-19-16(22)15(26-17)9-10-8-12(20(23)24)4-7-14(10)21/h2-9,21H,1H3,(H,18,19,22)/b15-9+. The number of amides is 1. The van der Waals surface area contributed by atoms with E-state index in [0.29, 0.717) is 16.6 Å². The minimum absolute atomic E-state index is 0.156. The first kappa shape index (κ1) is 17.5. The van der Waals surface area contributed by atoms with Crippen LogP contribution in [0.3, 0.4) is 0 Å². The molecular formula is C17H13N3O5S. The molecule has 3 rings (SSSR count). The maximum absolute atomic E-state index is 12.1. The molecule has 132 valence electrons. The van der Waals surface area contributed by atoms with E-state index in [9.17, 15) is 20.0 Å². The number of carbonyl (C=O) groups is 1. The van der Waals surface area contributed by atoms with Crippen molar-refractivity contribution in [1.82, 2.24) is 5.32 Å². The van der Waals surface area contributed by atoms with Gasteiger partial charge in [-0.3, -0.25) is 14.9 Å². The Hall–Kier alpha value is -3.33. The van der Waals surface area contributed by atoms with Gasteiger partial charge in [0.1, 0.15) is 11.5 Å². The molecule has 8 nitrogen and oxygen atoms in total. The van der Waals surface area contributed by atoms with E-state index >= 15 is 0 Å². The number of thioether (sulfide) groups is 1. The molecule has 1 aliphatic rings. The molecule has 2 aromatic carbocycles. The predicted octanol–water partition coefficient (Wildman–Crippen LogP) is 3.20. The van der Waals surface area contributed by atoms with Gasteiger partial charge in [-0.2, -0.15) is 0 Å². The minimum atomic E-state index is -0.570. The highest BCUT2D eigenvalue weighted by atomic mass is 32.2. The summed E-state index contributed by atoms with van der Waals surface area (Å²) < 4.78 is 5.07. The predicted molar refractivity (Wildman–Crippen MR) is 98.6 cm³/mol. The zero-order chi connectivity index (χ0) is 18.7. The molecule has 1 amide bonds. The lowest BCUT2D eigenvalue weighted by Gasteiger charge is -2.00. The molecule has 1 saturated heterocycles. The number of hydrogen-bond donors (Lipinski definition) is 2. The molecule has 0 atom stereocenters.